The molecule has 124 valence electrons. The first kappa shape index (κ1) is 18.9. The lowest BCUT2D eigenvalue weighted by molar-refractivity contribution is -0.130. The van der Waals surface area contributed by atoms with Crippen molar-refractivity contribution in [2.24, 2.45) is 5.73 Å². The maximum Gasteiger partial charge on any atom is 0.240 e. The number of carbonyl (C=O) groups excluding carboxylic acids is 1. The zero-order valence-electron chi connectivity index (χ0n) is 13.6. The van der Waals surface area contributed by atoms with E-state index < -0.39 is 5.54 Å². The predicted molar refractivity (Wildman–Crippen MR) is 91.4 cm³/mol. The smallest absolute Gasteiger partial charge is 0.240 e. The standard InChI is InChI=1S/C17H26N2O2.ClH/c1-12-8-13(2)10-15(9-12)11-14(3)19-16(20)17(18)4-6-21-7-5-17;/h8-10,14H,4-7,11,18H2,1-3H3,(H,19,20);1H. The molecule has 1 amide bonds. The molecule has 3 N–H and O–H groups in total. The molecule has 1 atom stereocenters. The maximum atomic E-state index is 12.4. The summed E-state index contributed by atoms with van der Waals surface area (Å²) in [6.45, 7) is 7.34. The van der Waals surface area contributed by atoms with E-state index in [1.807, 2.05) is 6.92 Å². The van der Waals surface area contributed by atoms with Crippen LogP contribution in [0.15, 0.2) is 18.2 Å². The third-order valence-corrected chi connectivity index (χ3v) is 4.04. The van der Waals surface area contributed by atoms with Crippen molar-refractivity contribution in [1.82, 2.24) is 5.32 Å². The normalized spacial score (nSPS) is 18.2. The number of hydrogen-bond donors (Lipinski definition) is 2. The van der Waals surface area contributed by atoms with Gasteiger partial charge in [-0.3, -0.25) is 4.79 Å². The summed E-state index contributed by atoms with van der Waals surface area (Å²) in [6, 6.07) is 6.57. The van der Waals surface area contributed by atoms with Crippen molar-refractivity contribution < 1.29 is 9.53 Å². The highest BCUT2D eigenvalue weighted by molar-refractivity contribution is 5.86. The van der Waals surface area contributed by atoms with Gasteiger partial charge in [0.05, 0.1) is 5.54 Å². The van der Waals surface area contributed by atoms with E-state index in [0.717, 1.165) is 6.42 Å². The second-order valence-electron chi connectivity index (χ2n) is 6.34. The minimum absolute atomic E-state index is 0. The van der Waals surface area contributed by atoms with E-state index in [1.165, 1.54) is 16.7 Å². The van der Waals surface area contributed by atoms with Crippen LogP contribution >= 0.6 is 12.4 Å². The summed E-state index contributed by atoms with van der Waals surface area (Å²) < 4.78 is 5.28. The van der Waals surface area contributed by atoms with Crippen LogP contribution < -0.4 is 11.1 Å². The average molecular weight is 327 g/mol. The Balaban J connectivity index is 0.00000242. The molecule has 1 heterocycles. The number of rotatable bonds is 4. The quantitative estimate of drug-likeness (QED) is 0.892. The first-order valence-corrected chi connectivity index (χ1v) is 7.64. The SMILES string of the molecule is Cc1cc(C)cc(CC(C)NC(=O)C2(N)CCOCC2)c1.Cl. The lowest BCUT2D eigenvalue weighted by atomic mass is 9.90. The number of benzene rings is 1. The van der Waals surface area contributed by atoms with Crippen LogP contribution in [-0.4, -0.2) is 30.7 Å². The Bertz CT molecular complexity index is 493. The number of aryl methyl sites for hydroxylation is 2. The predicted octanol–water partition coefficient (Wildman–Crippen LogP) is 2.28. The summed E-state index contributed by atoms with van der Waals surface area (Å²) in [5.74, 6) is -0.0531. The first-order valence-electron chi connectivity index (χ1n) is 7.64. The van der Waals surface area contributed by atoms with Gasteiger partial charge in [0, 0.05) is 19.3 Å². The lowest BCUT2D eigenvalue weighted by Crippen LogP contribution is -2.58. The molecule has 0 aromatic heterocycles. The van der Waals surface area contributed by atoms with Crippen molar-refractivity contribution in [1.29, 1.82) is 0 Å². The van der Waals surface area contributed by atoms with Crippen molar-refractivity contribution in [3.63, 3.8) is 0 Å². The van der Waals surface area contributed by atoms with E-state index in [1.54, 1.807) is 0 Å². The monoisotopic (exact) mass is 326 g/mol. The maximum absolute atomic E-state index is 12.4. The Morgan fingerprint density at radius 3 is 2.36 bits per heavy atom. The van der Waals surface area contributed by atoms with Gasteiger partial charge in [0.2, 0.25) is 5.91 Å². The van der Waals surface area contributed by atoms with E-state index in [4.69, 9.17) is 10.5 Å². The zero-order valence-corrected chi connectivity index (χ0v) is 14.5. The van der Waals surface area contributed by atoms with Gasteiger partial charge in [-0.25, -0.2) is 0 Å². The second kappa shape index (κ2) is 7.95. The van der Waals surface area contributed by atoms with Crippen molar-refractivity contribution in [2.45, 2.75) is 51.6 Å². The van der Waals surface area contributed by atoms with E-state index in [0.29, 0.717) is 26.1 Å². The van der Waals surface area contributed by atoms with Crippen LogP contribution in [0.25, 0.3) is 0 Å². The highest BCUT2D eigenvalue weighted by Gasteiger charge is 2.36. The third kappa shape index (κ3) is 4.97. The Hall–Kier alpha value is -1.10. The molecule has 0 radical (unpaired) electrons. The summed E-state index contributed by atoms with van der Waals surface area (Å²) in [5.41, 5.74) is 9.19. The summed E-state index contributed by atoms with van der Waals surface area (Å²) >= 11 is 0. The molecular weight excluding hydrogens is 300 g/mol. The van der Waals surface area contributed by atoms with Gasteiger partial charge in [0.25, 0.3) is 0 Å². The fourth-order valence-corrected chi connectivity index (χ4v) is 2.92. The number of nitrogens with two attached hydrogens (primary N) is 1. The molecule has 22 heavy (non-hydrogen) atoms. The molecule has 1 aromatic rings. The van der Waals surface area contributed by atoms with Crippen molar-refractivity contribution in [3.8, 4) is 0 Å². The van der Waals surface area contributed by atoms with E-state index >= 15 is 0 Å². The van der Waals surface area contributed by atoms with Gasteiger partial charge >= 0.3 is 0 Å². The molecule has 0 saturated carbocycles. The molecule has 5 heteroatoms. The molecule has 0 bridgehead atoms. The van der Waals surface area contributed by atoms with Crippen LogP contribution in [0.1, 0.15) is 36.5 Å². The molecule has 1 saturated heterocycles. The zero-order chi connectivity index (χ0) is 15.5. The van der Waals surface area contributed by atoms with Crippen LogP contribution in [0.5, 0.6) is 0 Å². The average Bonchev–Trinajstić information content (AvgIpc) is 2.37. The van der Waals surface area contributed by atoms with E-state index in [9.17, 15) is 4.79 Å². The van der Waals surface area contributed by atoms with Gasteiger partial charge in [-0.1, -0.05) is 29.3 Å². The summed E-state index contributed by atoms with van der Waals surface area (Å²) in [5, 5.41) is 3.06. The minimum atomic E-state index is -0.769. The summed E-state index contributed by atoms with van der Waals surface area (Å²) in [4.78, 5) is 12.4. The molecular formula is C17H27ClN2O2. The minimum Gasteiger partial charge on any atom is -0.381 e. The molecule has 1 fully saturated rings. The van der Waals surface area contributed by atoms with Crippen LogP contribution in [-0.2, 0) is 16.0 Å². The Morgan fingerprint density at radius 1 is 1.27 bits per heavy atom. The fraction of sp³-hybridized carbons (Fsp3) is 0.588. The molecule has 0 spiro atoms. The fourth-order valence-electron chi connectivity index (χ4n) is 2.92. The molecule has 1 aliphatic heterocycles. The van der Waals surface area contributed by atoms with Gasteiger partial charge in [0.15, 0.2) is 0 Å². The number of nitrogens with one attached hydrogen (secondary N) is 1. The molecule has 4 nitrogen and oxygen atoms in total. The lowest BCUT2D eigenvalue weighted by Gasteiger charge is -2.33. The Morgan fingerprint density at radius 2 is 1.82 bits per heavy atom. The van der Waals surface area contributed by atoms with Crippen molar-refractivity contribution in [2.75, 3.05) is 13.2 Å². The summed E-state index contributed by atoms with van der Waals surface area (Å²) in [6.07, 6.45) is 2.01. The van der Waals surface area contributed by atoms with Gasteiger partial charge in [-0.2, -0.15) is 0 Å². The van der Waals surface area contributed by atoms with Gasteiger partial charge < -0.3 is 15.8 Å². The Kier molecular flexibility index (Phi) is 6.85. The third-order valence-electron chi connectivity index (χ3n) is 4.04. The van der Waals surface area contributed by atoms with Gasteiger partial charge in [0.1, 0.15) is 0 Å². The number of amides is 1. The largest absolute Gasteiger partial charge is 0.381 e. The highest BCUT2D eigenvalue weighted by atomic mass is 35.5. The van der Waals surface area contributed by atoms with Gasteiger partial charge in [-0.15, -0.1) is 12.4 Å². The van der Waals surface area contributed by atoms with E-state index in [-0.39, 0.29) is 24.4 Å². The number of ether oxygens (including phenoxy) is 1. The highest BCUT2D eigenvalue weighted by Crippen LogP contribution is 2.18. The van der Waals surface area contributed by atoms with Gasteiger partial charge in [-0.05, 0) is 45.6 Å². The molecule has 0 aliphatic carbocycles. The van der Waals surface area contributed by atoms with Crippen LogP contribution in [0.2, 0.25) is 0 Å². The molecule has 1 unspecified atom stereocenters. The first-order chi connectivity index (χ1) is 9.89. The summed E-state index contributed by atoms with van der Waals surface area (Å²) in [7, 11) is 0. The number of halogens is 1. The molecule has 2 rings (SSSR count). The van der Waals surface area contributed by atoms with Crippen LogP contribution in [0.3, 0.4) is 0 Å². The Labute approximate surface area is 139 Å². The molecule has 1 aliphatic rings. The topological polar surface area (TPSA) is 64.4 Å². The van der Waals surface area contributed by atoms with Crippen LogP contribution in [0.4, 0.5) is 0 Å². The number of hydrogen-bond acceptors (Lipinski definition) is 3. The van der Waals surface area contributed by atoms with Crippen molar-refractivity contribution >= 4 is 18.3 Å². The second-order valence-corrected chi connectivity index (χ2v) is 6.34. The van der Waals surface area contributed by atoms with Crippen molar-refractivity contribution in [3.05, 3.63) is 34.9 Å². The van der Waals surface area contributed by atoms with E-state index in [2.05, 4.69) is 37.4 Å². The van der Waals surface area contributed by atoms with Crippen LogP contribution in [0, 0.1) is 13.8 Å². The number of carbonyl (C=O) groups is 1. The molecule has 1 aromatic carbocycles.